The Balaban J connectivity index is 1.95. The number of fused-ring (bicyclic) bond motifs is 1. The van der Waals surface area contributed by atoms with Gasteiger partial charge in [-0.1, -0.05) is 65.8 Å². The van der Waals surface area contributed by atoms with Crippen molar-refractivity contribution in [2.24, 2.45) is 34.6 Å². The molecule has 556 valence electrons. The lowest BCUT2D eigenvalue weighted by molar-refractivity contribution is -0.143. The third kappa shape index (κ3) is 31.5. The Morgan fingerprint density at radius 3 is 1.62 bits per heavy atom. The molecule has 0 saturated carbocycles. The van der Waals surface area contributed by atoms with Crippen molar-refractivity contribution in [1.82, 2.24) is 58.2 Å². The number of hydrogen-bond acceptors (Lipinski definition) is 24. The number of rotatable bonds is 48. The van der Waals surface area contributed by atoms with Gasteiger partial charge >= 0.3 is 11.9 Å². The monoisotopic (exact) mass is 1480 g/mol. The molecule has 0 bridgehead atoms. The number of hydrogen-bond donors (Lipinski definition) is 20. The van der Waals surface area contributed by atoms with Crippen molar-refractivity contribution in [2.45, 2.75) is 158 Å². The predicted molar refractivity (Wildman–Crippen MR) is 367 cm³/mol. The van der Waals surface area contributed by atoms with E-state index in [1.165, 1.54) is 42.2 Å². The second-order valence-corrected chi connectivity index (χ2v) is 26.9. The molecule has 6 unspecified atom stereocenters. The van der Waals surface area contributed by atoms with Gasteiger partial charge in [-0.05, 0) is 73.4 Å². The van der Waals surface area contributed by atoms with Crippen molar-refractivity contribution in [3.63, 3.8) is 0 Å². The average molecular weight is 1480 g/mol. The standard InChI is InChI=1S/C61H88N16O21S3/c1-29(2)19-43(61(96)97)76-58(93)42(23-47(65)83)73-55(90)38(17-18-99-4)71-54(89)37(13-14-45(63)81)70-57(92)41(22-46(64)82)74-56(91)40(21-32-24-67-36-8-6-5-7-34(32)36)75-60(95)51(30(3)79)77-59(94)39(20-31-9-11-33(80)12-10-31)72-52(87)35(62)26-100-101-27-44(53(88)68-25-50(85)86)69-49(84)16-15-48(66)98-28-78/h5-12,24,28-30,35,37-44,48,51,67,79-80H,13-23,25-27,62,66H2,1-4H3,(H2,63,81)(H2,64,82)(H2,65,83)(H,68,88)(H,69,84)(H,70,92)(H,71,89)(H,72,87)(H,73,90)(H,74,91)(H,75,95)(H,76,93)(H,77,94)(H,85,86)(H,96,97)/t30-,35?,37+,38?,39+,40+,41?,42+,43?,44?,48?,51+/m1/s1. The van der Waals surface area contributed by atoms with E-state index in [2.05, 4.69) is 62.9 Å². The van der Waals surface area contributed by atoms with Crippen molar-refractivity contribution < 1.29 is 102 Å². The predicted octanol–water partition coefficient (Wildman–Crippen LogP) is -5.55. The molecule has 13 amide bonds. The number of amides is 13. The molecule has 1 aromatic heterocycles. The number of aliphatic hydroxyl groups is 1. The van der Waals surface area contributed by atoms with Crippen molar-refractivity contribution in [3.05, 3.63) is 65.9 Å². The third-order valence-corrected chi connectivity index (χ3v) is 17.7. The molecule has 12 atom stereocenters. The van der Waals surface area contributed by atoms with Gasteiger partial charge in [0, 0.05) is 60.7 Å². The number of carboxylic acids is 2. The van der Waals surface area contributed by atoms with Gasteiger partial charge in [-0.25, -0.2) is 4.79 Å². The molecule has 0 aliphatic carbocycles. The lowest BCUT2D eigenvalue weighted by Crippen LogP contribution is -2.62. The molecule has 3 rings (SSSR count). The van der Waals surface area contributed by atoms with Crippen molar-refractivity contribution in [1.29, 1.82) is 0 Å². The number of aromatic hydroxyl groups is 1. The van der Waals surface area contributed by atoms with Crippen LogP contribution in [0.2, 0.25) is 0 Å². The number of benzene rings is 2. The fourth-order valence-electron chi connectivity index (χ4n) is 9.40. The van der Waals surface area contributed by atoms with Gasteiger partial charge in [0.15, 0.2) is 6.23 Å². The highest BCUT2D eigenvalue weighted by molar-refractivity contribution is 8.76. The lowest BCUT2D eigenvalue weighted by atomic mass is 10.0. The van der Waals surface area contributed by atoms with E-state index in [4.69, 9.17) is 33.8 Å². The molecule has 2 aromatic carbocycles. The van der Waals surface area contributed by atoms with E-state index in [-0.39, 0.29) is 67.5 Å². The van der Waals surface area contributed by atoms with E-state index in [1.807, 2.05) is 0 Å². The zero-order chi connectivity index (χ0) is 75.6. The maximum atomic E-state index is 14.7. The number of nitrogens with one attached hydrogen (secondary N) is 11. The summed E-state index contributed by atoms with van der Waals surface area (Å²) < 4.78 is 4.56. The number of aromatic nitrogens is 1. The van der Waals surface area contributed by atoms with Crippen LogP contribution in [0.4, 0.5) is 0 Å². The first kappa shape index (κ1) is 85.5. The number of aliphatic carboxylic acids is 2. The van der Waals surface area contributed by atoms with Crippen LogP contribution in [0.1, 0.15) is 83.3 Å². The van der Waals surface area contributed by atoms with Crippen LogP contribution in [0.3, 0.4) is 0 Å². The molecule has 0 saturated heterocycles. The molecule has 0 radical (unpaired) electrons. The summed E-state index contributed by atoms with van der Waals surface area (Å²) in [6.45, 7) is 3.79. The normalized spacial score (nSPS) is 14.7. The second kappa shape index (κ2) is 43.7. The van der Waals surface area contributed by atoms with Gasteiger partial charge in [-0.15, -0.1) is 0 Å². The molecule has 0 aliphatic heterocycles. The molecule has 0 aliphatic rings. The van der Waals surface area contributed by atoms with Crippen LogP contribution in [-0.4, -0.2) is 223 Å². The highest BCUT2D eigenvalue weighted by atomic mass is 33.1. The second-order valence-electron chi connectivity index (χ2n) is 23.4. The van der Waals surface area contributed by atoms with Crippen LogP contribution in [-0.2, 0) is 94.3 Å². The van der Waals surface area contributed by atoms with Gasteiger partial charge in [-0.3, -0.25) is 77.7 Å². The first-order chi connectivity index (χ1) is 47.6. The minimum Gasteiger partial charge on any atom is -0.508 e. The number of phenols is 1. The number of thioether (sulfide) groups is 1. The van der Waals surface area contributed by atoms with Gasteiger partial charge in [0.2, 0.25) is 76.8 Å². The number of carbonyl (C=O) groups is 16. The molecular formula is C61H88N16O21S3. The quantitative estimate of drug-likeness (QED) is 0.0108. The average Bonchev–Trinajstić information content (AvgIpc) is 1.78. The van der Waals surface area contributed by atoms with Crippen LogP contribution < -0.4 is 81.8 Å². The smallest absolute Gasteiger partial charge is 0.326 e. The molecule has 40 heteroatoms. The van der Waals surface area contributed by atoms with Crippen LogP contribution >= 0.6 is 33.3 Å². The van der Waals surface area contributed by atoms with Gasteiger partial charge in [0.1, 0.15) is 66.7 Å². The molecule has 0 spiro atoms. The van der Waals surface area contributed by atoms with Crippen LogP contribution in [0.25, 0.3) is 10.9 Å². The zero-order valence-corrected chi connectivity index (χ0v) is 58.0. The Hall–Kier alpha value is -9.77. The fourth-order valence-corrected chi connectivity index (χ4v) is 12.2. The number of H-pyrrole nitrogens is 1. The minimum absolute atomic E-state index is 0.0349. The van der Waals surface area contributed by atoms with Gasteiger partial charge in [0.25, 0.3) is 6.47 Å². The SMILES string of the molecule is CSCCC(NC(=O)[C@H](CCC(N)=O)NC(=O)C(CC(N)=O)NC(=O)[C@H](Cc1c[nH]c2ccccc12)NC(=O)[C@@H](NC(=O)[C@H](Cc1ccc(O)cc1)NC(=O)C(N)CSSCC(NC(=O)CCC(N)OC=O)C(=O)NCC(=O)O)[C@@H](C)O)C(=O)N[C@@H](CC(N)=O)C(=O)NC(CC(C)C)C(=O)O. The summed E-state index contributed by atoms with van der Waals surface area (Å²) >= 11 is 1.22. The van der Waals surface area contributed by atoms with Crippen LogP contribution in [0, 0.1) is 5.92 Å². The summed E-state index contributed by atoms with van der Waals surface area (Å²) in [4.78, 5) is 213. The molecular weight excluding hydrogens is 1390 g/mol. The number of para-hydroxylation sites is 1. The van der Waals surface area contributed by atoms with Gasteiger partial charge < -0.3 is 106 Å². The van der Waals surface area contributed by atoms with E-state index < -0.39 is 200 Å². The molecule has 37 nitrogen and oxygen atoms in total. The number of nitrogens with two attached hydrogens (primary N) is 5. The first-order valence-electron chi connectivity index (χ1n) is 31.3. The van der Waals surface area contributed by atoms with Gasteiger partial charge in [-0.2, -0.15) is 11.8 Å². The summed E-state index contributed by atoms with van der Waals surface area (Å²) in [5.74, 6) is -17.3. The van der Waals surface area contributed by atoms with Crippen molar-refractivity contribution in [2.75, 3.05) is 30.1 Å². The van der Waals surface area contributed by atoms with Gasteiger partial charge in [0.05, 0.1) is 25.0 Å². The molecule has 101 heavy (non-hydrogen) atoms. The zero-order valence-electron chi connectivity index (χ0n) is 55.5. The Kier molecular flexibility index (Phi) is 37.0. The Bertz CT molecular complexity index is 3400. The van der Waals surface area contributed by atoms with Crippen LogP contribution in [0.5, 0.6) is 5.75 Å². The number of aromatic amines is 1. The fraction of sp³-hybridized carbons (Fsp3) is 0.508. The highest BCUT2D eigenvalue weighted by Gasteiger charge is 2.38. The van der Waals surface area contributed by atoms with E-state index >= 15 is 0 Å². The summed E-state index contributed by atoms with van der Waals surface area (Å²) in [5, 5.41) is 64.2. The number of ether oxygens (including phenoxy) is 1. The molecule has 3 aromatic rings. The Morgan fingerprint density at radius 1 is 0.564 bits per heavy atom. The first-order valence-corrected chi connectivity index (χ1v) is 35.1. The van der Waals surface area contributed by atoms with E-state index in [1.54, 1.807) is 44.4 Å². The van der Waals surface area contributed by atoms with E-state index in [9.17, 15) is 92.0 Å². The molecule has 0 fully saturated rings. The van der Waals surface area contributed by atoms with E-state index in [0.717, 1.165) is 28.5 Å². The number of primary amides is 3. The van der Waals surface area contributed by atoms with Crippen molar-refractivity contribution in [3.8, 4) is 5.75 Å². The maximum Gasteiger partial charge on any atom is 0.326 e. The summed E-state index contributed by atoms with van der Waals surface area (Å²) in [6, 6.07) is -4.49. The number of carbonyl (C=O) groups excluding carboxylic acids is 14. The molecule has 25 N–H and O–H groups in total. The lowest BCUT2D eigenvalue weighted by Gasteiger charge is -2.28. The van der Waals surface area contributed by atoms with Crippen LogP contribution in [0.15, 0.2) is 54.7 Å². The summed E-state index contributed by atoms with van der Waals surface area (Å²) in [6.07, 6.45) is -4.05. The number of aliphatic hydroxyl groups excluding tert-OH is 1. The molecule has 1 heterocycles. The summed E-state index contributed by atoms with van der Waals surface area (Å²) in [7, 11) is 1.88. The largest absolute Gasteiger partial charge is 0.508 e. The number of phenolic OH excluding ortho intramolecular Hbond substituents is 1. The van der Waals surface area contributed by atoms with Crippen molar-refractivity contribution >= 4 is 139 Å². The topological polar surface area (TPSA) is 629 Å². The maximum absolute atomic E-state index is 14.7. The third-order valence-electron chi connectivity index (χ3n) is 14.6. The summed E-state index contributed by atoms with van der Waals surface area (Å²) in [5.41, 5.74) is 29.6. The highest BCUT2D eigenvalue weighted by Crippen LogP contribution is 2.24. The number of carboxylic acid groups (broad SMARTS) is 2. The van der Waals surface area contributed by atoms with E-state index in [0.29, 0.717) is 22.0 Å². The minimum atomic E-state index is -1.99. The Labute approximate surface area is 590 Å². The Morgan fingerprint density at radius 2 is 1.08 bits per heavy atom.